The minimum absolute atomic E-state index is 0.108. The SMILES string of the molecule is CC(C(O)(Sc1ccccc1)C(=O)O)S(=O)(=O)c1ccc(Oc2ccccc2)cc1. The number of benzene rings is 3. The van der Waals surface area contributed by atoms with Crippen LogP contribution >= 0.6 is 11.8 Å². The molecule has 3 rings (SSSR count). The van der Waals surface area contributed by atoms with Crippen LogP contribution in [0.5, 0.6) is 11.5 Å². The summed E-state index contributed by atoms with van der Waals surface area (Å²) >= 11 is 0.586. The van der Waals surface area contributed by atoms with Gasteiger partial charge in [-0.15, -0.1) is 0 Å². The van der Waals surface area contributed by atoms with Crippen molar-refractivity contribution >= 4 is 27.6 Å². The van der Waals surface area contributed by atoms with Crippen molar-refractivity contribution in [3.8, 4) is 11.5 Å². The molecule has 0 fully saturated rings. The van der Waals surface area contributed by atoms with Crippen LogP contribution in [0.25, 0.3) is 0 Å². The Morgan fingerprint density at radius 2 is 1.40 bits per heavy atom. The molecule has 156 valence electrons. The van der Waals surface area contributed by atoms with Crippen molar-refractivity contribution < 1.29 is 28.2 Å². The minimum Gasteiger partial charge on any atom is -0.478 e. The summed E-state index contributed by atoms with van der Waals surface area (Å²) in [5, 5.41) is 18.8. The molecule has 0 radical (unpaired) electrons. The molecule has 0 aliphatic rings. The molecule has 0 spiro atoms. The summed E-state index contributed by atoms with van der Waals surface area (Å²) in [6.45, 7) is 1.19. The summed E-state index contributed by atoms with van der Waals surface area (Å²) in [5.41, 5.74) is 0. The molecule has 2 atom stereocenters. The Labute approximate surface area is 179 Å². The van der Waals surface area contributed by atoms with Gasteiger partial charge in [0.2, 0.25) is 4.93 Å². The van der Waals surface area contributed by atoms with Gasteiger partial charge >= 0.3 is 5.97 Å². The molecule has 0 saturated carbocycles. The average Bonchev–Trinajstić information content (AvgIpc) is 2.75. The van der Waals surface area contributed by atoms with Crippen molar-refractivity contribution in [3.63, 3.8) is 0 Å². The van der Waals surface area contributed by atoms with Crippen LogP contribution in [0, 0.1) is 0 Å². The predicted molar refractivity (Wildman–Crippen MR) is 114 cm³/mol. The third-order valence-electron chi connectivity index (χ3n) is 4.47. The number of aliphatic carboxylic acids is 1. The van der Waals surface area contributed by atoms with Crippen LogP contribution in [0.15, 0.2) is 94.7 Å². The summed E-state index contributed by atoms with van der Waals surface area (Å²) in [7, 11) is -4.16. The van der Waals surface area contributed by atoms with Crippen molar-refractivity contribution in [2.75, 3.05) is 0 Å². The molecule has 3 aromatic rings. The van der Waals surface area contributed by atoms with E-state index in [1.807, 2.05) is 18.2 Å². The first-order chi connectivity index (χ1) is 14.2. The zero-order chi connectivity index (χ0) is 21.8. The van der Waals surface area contributed by atoms with E-state index in [9.17, 15) is 23.4 Å². The minimum atomic E-state index is -4.16. The van der Waals surface area contributed by atoms with E-state index in [0.29, 0.717) is 28.2 Å². The molecule has 3 aromatic carbocycles. The topological polar surface area (TPSA) is 101 Å². The Hall–Kier alpha value is -2.81. The van der Waals surface area contributed by atoms with Gasteiger partial charge in [0.25, 0.3) is 0 Å². The smallest absolute Gasteiger partial charge is 0.348 e. The molecule has 8 heteroatoms. The molecule has 0 amide bonds. The van der Waals surface area contributed by atoms with Crippen LogP contribution in [0.1, 0.15) is 6.92 Å². The molecule has 0 heterocycles. The number of para-hydroxylation sites is 1. The molecular weight excluding hydrogens is 424 g/mol. The highest BCUT2D eigenvalue weighted by atomic mass is 32.2. The molecule has 0 aliphatic carbocycles. The predicted octanol–water partition coefficient (Wildman–Crippen LogP) is 4.21. The highest BCUT2D eigenvalue weighted by Crippen LogP contribution is 2.38. The Morgan fingerprint density at radius 3 is 1.93 bits per heavy atom. The van der Waals surface area contributed by atoms with E-state index >= 15 is 0 Å². The molecular formula is C22H20O6S2. The molecule has 6 nitrogen and oxygen atoms in total. The normalized spacial score (nSPS) is 14.5. The van der Waals surface area contributed by atoms with E-state index in [1.165, 1.54) is 31.2 Å². The monoisotopic (exact) mass is 444 g/mol. The average molecular weight is 445 g/mol. The van der Waals surface area contributed by atoms with Gasteiger partial charge in [0, 0.05) is 4.90 Å². The fourth-order valence-electron chi connectivity index (χ4n) is 2.71. The van der Waals surface area contributed by atoms with Crippen molar-refractivity contribution in [3.05, 3.63) is 84.9 Å². The van der Waals surface area contributed by atoms with Crippen LogP contribution in [-0.2, 0) is 14.6 Å². The Kier molecular flexibility index (Phi) is 6.50. The van der Waals surface area contributed by atoms with Crippen molar-refractivity contribution in [2.45, 2.75) is 26.9 Å². The standard InChI is InChI=1S/C22H20O6S2/c1-16(22(25,21(23)24)29-19-10-6-3-7-11-19)30(26,27)20-14-12-18(13-15-20)28-17-8-4-2-5-9-17/h2-16,25H,1H3,(H,23,24). The van der Waals surface area contributed by atoms with Crippen LogP contribution in [0.4, 0.5) is 0 Å². The van der Waals surface area contributed by atoms with Crippen LogP contribution in [0.3, 0.4) is 0 Å². The number of hydrogen-bond acceptors (Lipinski definition) is 6. The number of carboxylic acid groups (broad SMARTS) is 1. The second kappa shape index (κ2) is 8.91. The van der Waals surface area contributed by atoms with Gasteiger partial charge in [-0.25, -0.2) is 13.2 Å². The van der Waals surface area contributed by atoms with E-state index < -0.39 is 26.0 Å². The zero-order valence-corrected chi connectivity index (χ0v) is 17.6. The lowest BCUT2D eigenvalue weighted by molar-refractivity contribution is -0.149. The van der Waals surface area contributed by atoms with Gasteiger partial charge in [-0.2, -0.15) is 0 Å². The second-order valence-corrected chi connectivity index (χ2v) is 10.1. The van der Waals surface area contributed by atoms with Crippen LogP contribution < -0.4 is 4.74 Å². The summed E-state index contributed by atoms with van der Waals surface area (Å²) < 4.78 is 31.8. The van der Waals surface area contributed by atoms with Gasteiger partial charge in [-0.05, 0) is 55.5 Å². The lowest BCUT2D eigenvalue weighted by Crippen LogP contribution is -2.48. The van der Waals surface area contributed by atoms with E-state index in [4.69, 9.17) is 4.74 Å². The molecule has 2 N–H and O–H groups in total. The molecule has 0 bridgehead atoms. The Morgan fingerprint density at radius 1 is 0.900 bits per heavy atom. The molecule has 0 saturated heterocycles. The molecule has 2 unspecified atom stereocenters. The summed E-state index contributed by atoms with van der Waals surface area (Å²) in [5.74, 6) is -0.600. The number of thioether (sulfide) groups is 1. The first-order valence-electron chi connectivity index (χ1n) is 9.00. The van der Waals surface area contributed by atoms with E-state index in [2.05, 4.69) is 0 Å². The summed E-state index contributed by atoms with van der Waals surface area (Å²) in [6, 6.07) is 22.9. The second-order valence-electron chi connectivity index (χ2n) is 6.49. The number of ether oxygens (including phenoxy) is 1. The van der Waals surface area contributed by atoms with E-state index in [0.717, 1.165) is 0 Å². The Balaban J connectivity index is 1.86. The molecule has 30 heavy (non-hydrogen) atoms. The van der Waals surface area contributed by atoms with Gasteiger partial charge in [-0.1, -0.05) is 48.2 Å². The summed E-state index contributed by atoms with van der Waals surface area (Å²) in [6.07, 6.45) is 0. The fourth-order valence-corrected chi connectivity index (χ4v) is 5.58. The van der Waals surface area contributed by atoms with Crippen molar-refractivity contribution in [1.29, 1.82) is 0 Å². The summed E-state index contributed by atoms with van der Waals surface area (Å²) in [4.78, 5) is 9.61. The van der Waals surface area contributed by atoms with E-state index in [-0.39, 0.29) is 4.90 Å². The van der Waals surface area contributed by atoms with E-state index in [1.54, 1.807) is 42.5 Å². The number of hydrogen-bond donors (Lipinski definition) is 2. The number of rotatable bonds is 8. The van der Waals surface area contributed by atoms with Crippen LogP contribution in [-0.4, -0.2) is 34.8 Å². The third-order valence-corrected chi connectivity index (χ3v) is 8.17. The highest BCUT2D eigenvalue weighted by Gasteiger charge is 2.50. The Bertz CT molecular complexity index is 1100. The van der Waals surface area contributed by atoms with Gasteiger partial charge in [0.05, 0.1) is 4.90 Å². The zero-order valence-electron chi connectivity index (χ0n) is 16.0. The van der Waals surface area contributed by atoms with Gasteiger partial charge < -0.3 is 14.9 Å². The highest BCUT2D eigenvalue weighted by molar-refractivity contribution is 8.02. The first kappa shape index (κ1) is 21.9. The molecule has 0 aromatic heterocycles. The van der Waals surface area contributed by atoms with Crippen LogP contribution in [0.2, 0.25) is 0 Å². The maximum atomic E-state index is 13.1. The number of sulfone groups is 1. The first-order valence-corrected chi connectivity index (χ1v) is 11.4. The lowest BCUT2D eigenvalue weighted by Gasteiger charge is -2.29. The number of carbonyl (C=O) groups is 1. The van der Waals surface area contributed by atoms with Gasteiger partial charge in [0.15, 0.2) is 9.84 Å². The fraction of sp³-hybridized carbons (Fsp3) is 0.136. The van der Waals surface area contributed by atoms with Gasteiger partial charge in [-0.3, -0.25) is 0 Å². The van der Waals surface area contributed by atoms with Crippen molar-refractivity contribution in [2.24, 2.45) is 0 Å². The van der Waals surface area contributed by atoms with Crippen molar-refractivity contribution in [1.82, 2.24) is 0 Å². The number of carboxylic acids is 1. The lowest BCUT2D eigenvalue weighted by atomic mass is 10.2. The quantitative estimate of drug-likeness (QED) is 0.396. The van der Waals surface area contributed by atoms with Gasteiger partial charge in [0.1, 0.15) is 16.7 Å². The molecule has 0 aliphatic heterocycles. The maximum Gasteiger partial charge on any atom is 0.348 e. The third kappa shape index (κ3) is 4.67. The largest absolute Gasteiger partial charge is 0.478 e. The number of aliphatic hydroxyl groups is 1. The maximum absolute atomic E-state index is 13.1.